The molecule has 92 valence electrons. The fourth-order valence-corrected chi connectivity index (χ4v) is 1.37. The van der Waals surface area contributed by atoms with Gasteiger partial charge in [0.15, 0.2) is 6.29 Å². The van der Waals surface area contributed by atoms with Gasteiger partial charge in [-0.15, -0.1) is 0 Å². The van der Waals surface area contributed by atoms with Crippen molar-refractivity contribution in [3.05, 3.63) is 0 Å². The summed E-state index contributed by atoms with van der Waals surface area (Å²) >= 11 is 0. The summed E-state index contributed by atoms with van der Waals surface area (Å²) in [7, 11) is 0. The fraction of sp³-hybridized carbons (Fsp3) is 1.00. The molecule has 0 aliphatic carbocycles. The Kier molecular flexibility index (Phi) is 8.02. The molecule has 15 heavy (non-hydrogen) atoms. The van der Waals surface area contributed by atoms with E-state index in [9.17, 15) is 0 Å². The fourth-order valence-electron chi connectivity index (χ4n) is 1.37. The summed E-state index contributed by atoms with van der Waals surface area (Å²) in [5, 5.41) is 3.52. The predicted molar refractivity (Wildman–Crippen MR) is 64.0 cm³/mol. The summed E-state index contributed by atoms with van der Waals surface area (Å²) in [6.07, 6.45) is 2.13. The minimum Gasteiger partial charge on any atom is -0.352 e. The van der Waals surface area contributed by atoms with E-state index in [0.29, 0.717) is 13.2 Å². The molecular weight excluding hydrogens is 190 g/mol. The zero-order chi connectivity index (χ0) is 11.7. The van der Waals surface area contributed by atoms with Crippen LogP contribution in [0.3, 0.4) is 0 Å². The molecule has 3 heteroatoms. The lowest BCUT2D eigenvalue weighted by atomic mass is 9.96. The van der Waals surface area contributed by atoms with E-state index < -0.39 is 0 Å². The van der Waals surface area contributed by atoms with Gasteiger partial charge in [-0.2, -0.15) is 0 Å². The molecule has 0 radical (unpaired) electrons. The van der Waals surface area contributed by atoms with E-state index in [4.69, 9.17) is 9.47 Å². The van der Waals surface area contributed by atoms with Crippen molar-refractivity contribution < 1.29 is 9.47 Å². The van der Waals surface area contributed by atoms with Crippen LogP contribution in [-0.2, 0) is 9.47 Å². The highest BCUT2D eigenvalue weighted by molar-refractivity contribution is 4.79. The summed E-state index contributed by atoms with van der Waals surface area (Å²) in [4.78, 5) is 0. The largest absolute Gasteiger partial charge is 0.352 e. The van der Waals surface area contributed by atoms with E-state index in [-0.39, 0.29) is 11.8 Å². The SMILES string of the molecule is CCOC(CNC(C)(CC)CC)OCC. The molecular formula is C12H27NO2. The van der Waals surface area contributed by atoms with Crippen LogP contribution in [0.2, 0.25) is 0 Å². The van der Waals surface area contributed by atoms with Crippen molar-refractivity contribution >= 4 is 0 Å². The average molecular weight is 217 g/mol. The molecule has 0 rings (SSSR count). The average Bonchev–Trinajstić information content (AvgIpc) is 2.26. The van der Waals surface area contributed by atoms with Crippen molar-refractivity contribution in [2.24, 2.45) is 0 Å². The molecule has 0 unspecified atom stereocenters. The second kappa shape index (κ2) is 8.08. The van der Waals surface area contributed by atoms with Crippen LogP contribution in [0.5, 0.6) is 0 Å². The molecule has 0 heterocycles. The van der Waals surface area contributed by atoms with Crippen LogP contribution in [0.1, 0.15) is 47.5 Å². The van der Waals surface area contributed by atoms with Gasteiger partial charge in [-0.25, -0.2) is 0 Å². The topological polar surface area (TPSA) is 30.5 Å². The Morgan fingerprint density at radius 3 is 1.80 bits per heavy atom. The maximum absolute atomic E-state index is 5.48. The third-order valence-corrected chi connectivity index (χ3v) is 2.96. The Morgan fingerprint density at radius 2 is 1.47 bits per heavy atom. The van der Waals surface area contributed by atoms with Crippen LogP contribution in [0.15, 0.2) is 0 Å². The van der Waals surface area contributed by atoms with Crippen molar-refractivity contribution in [2.75, 3.05) is 19.8 Å². The van der Waals surface area contributed by atoms with Crippen LogP contribution >= 0.6 is 0 Å². The summed E-state index contributed by atoms with van der Waals surface area (Å²) in [6, 6.07) is 0. The monoisotopic (exact) mass is 217 g/mol. The summed E-state index contributed by atoms with van der Waals surface area (Å²) < 4.78 is 11.0. The van der Waals surface area contributed by atoms with E-state index in [0.717, 1.165) is 19.4 Å². The Morgan fingerprint density at radius 1 is 1.00 bits per heavy atom. The molecule has 0 aromatic carbocycles. The normalized spacial score (nSPS) is 12.4. The Labute approximate surface area is 94.5 Å². The lowest BCUT2D eigenvalue weighted by Gasteiger charge is -2.30. The molecule has 0 fully saturated rings. The molecule has 0 aromatic heterocycles. The van der Waals surface area contributed by atoms with E-state index in [1.54, 1.807) is 0 Å². The molecule has 0 saturated carbocycles. The molecule has 0 amide bonds. The number of hydrogen-bond acceptors (Lipinski definition) is 3. The van der Waals surface area contributed by atoms with Gasteiger partial charge in [0.25, 0.3) is 0 Å². The third kappa shape index (κ3) is 6.13. The van der Waals surface area contributed by atoms with Crippen molar-refractivity contribution in [1.82, 2.24) is 5.32 Å². The smallest absolute Gasteiger partial charge is 0.169 e. The lowest BCUT2D eigenvalue weighted by Crippen LogP contribution is -2.46. The number of nitrogens with one attached hydrogen (secondary N) is 1. The van der Waals surface area contributed by atoms with Gasteiger partial charge in [0, 0.05) is 25.3 Å². The quantitative estimate of drug-likeness (QED) is 0.602. The highest BCUT2D eigenvalue weighted by atomic mass is 16.7. The number of ether oxygens (including phenoxy) is 2. The van der Waals surface area contributed by atoms with E-state index in [1.807, 2.05) is 13.8 Å². The predicted octanol–water partition coefficient (Wildman–Crippen LogP) is 2.55. The molecule has 0 aliphatic heterocycles. The van der Waals surface area contributed by atoms with Crippen molar-refractivity contribution in [3.8, 4) is 0 Å². The van der Waals surface area contributed by atoms with Gasteiger partial charge < -0.3 is 14.8 Å². The van der Waals surface area contributed by atoms with E-state index >= 15 is 0 Å². The zero-order valence-electron chi connectivity index (χ0n) is 10.9. The van der Waals surface area contributed by atoms with Gasteiger partial charge in [0.1, 0.15) is 0 Å². The Bertz CT molecular complexity index is 141. The van der Waals surface area contributed by atoms with Gasteiger partial charge in [-0.05, 0) is 33.6 Å². The van der Waals surface area contributed by atoms with Crippen LogP contribution in [0, 0.1) is 0 Å². The third-order valence-electron chi connectivity index (χ3n) is 2.96. The maximum Gasteiger partial charge on any atom is 0.169 e. The molecule has 0 bridgehead atoms. The molecule has 0 atom stereocenters. The van der Waals surface area contributed by atoms with Gasteiger partial charge >= 0.3 is 0 Å². The van der Waals surface area contributed by atoms with Crippen LogP contribution in [0.25, 0.3) is 0 Å². The molecule has 0 spiro atoms. The second-order valence-corrected chi connectivity index (χ2v) is 3.99. The summed E-state index contributed by atoms with van der Waals surface area (Å²) in [5.74, 6) is 0. The molecule has 3 nitrogen and oxygen atoms in total. The van der Waals surface area contributed by atoms with Gasteiger partial charge in [-0.1, -0.05) is 13.8 Å². The van der Waals surface area contributed by atoms with E-state index in [2.05, 4.69) is 26.1 Å². The Balaban J connectivity index is 3.95. The van der Waals surface area contributed by atoms with E-state index in [1.165, 1.54) is 0 Å². The standard InChI is InChI=1S/C12H27NO2/c1-6-12(5,7-2)13-10-11(14-8-3)15-9-4/h11,13H,6-10H2,1-5H3. The van der Waals surface area contributed by atoms with Crippen LogP contribution < -0.4 is 5.32 Å². The first-order valence-corrected chi connectivity index (χ1v) is 6.10. The first kappa shape index (κ1) is 14.9. The highest BCUT2D eigenvalue weighted by Crippen LogP contribution is 2.13. The lowest BCUT2D eigenvalue weighted by molar-refractivity contribution is -0.135. The first-order chi connectivity index (χ1) is 7.11. The molecule has 0 aliphatic rings. The maximum atomic E-state index is 5.48. The minimum atomic E-state index is -0.113. The molecule has 1 N–H and O–H groups in total. The number of hydrogen-bond donors (Lipinski definition) is 1. The first-order valence-electron chi connectivity index (χ1n) is 6.10. The summed E-state index contributed by atoms with van der Waals surface area (Å²) in [5.41, 5.74) is 0.201. The van der Waals surface area contributed by atoms with Crippen molar-refractivity contribution in [3.63, 3.8) is 0 Å². The minimum absolute atomic E-state index is 0.113. The van der Waals surface area contributed by atoms with Crippen LogP contribution in [0.4, 0.5) is 0 Å². The van der Waals surface area contributed by atoms with Crippen molar-refractivity contribution in [2.45, 2.75) is 59.3 Å². The van der Waals surface area contributed by atoms with Gasteiger partial charge in [-0.3, -0.25) is 0 Å². The zero-order valence-corrected chi connectivity index (χ0v) is 10.9. The molecule has 0 aromatic rings. The number of rotatable bonds is 9. The molecule has 0 saturated heterocycles. The van der Waals surface area contributed by atoms with Crippen LogP contribution in [-0.4, -0.2) is 31.6 Å². The van der Waals surface area contributed by atoms with Crippen molar-refractivity contribution in [1.29, 1.82) is 0 Å². The van der Waals surface area contributed by atoms with Gasteiger partial charge in [0.2, 0.25) is 0 Å². The highest BCUT2D eigenvalue weighted by Gasteiger charge is 2.20. The Hall–Kier alpha value is -0.120. The van der Waals surface area contributed by atoms with Gasteiger partial charge in [0.05, 0.1) is 0 Å². The summed E-state index contributed by atoms with van der Waals surface area (Å²) in [6.45, 7) is 12.8. The second-order valence-electron chi connectivity index (χ2n) is 3.99.